The number of hydrogen-bond acceptors (Lipinski definition) is 0. The summed E-state index contributed by atoms with van der Waals surface area (Å²) < 4.78 is 32.7. The fourth-order valence-corrected chi connectivity index (χ4v) is 0. The minimum Gasteiger partial charge on any atom is -0.168 e. The van der Waals surface area contributed by atoms with Gasteiger partial charge in [-0.2, -0.15) is 13.2 Å². The van der Waals surface area contributed by atoms with Gasteiger partial charge in [-0.05, 0) is 0 Å². The van der Waals surface area contributed by atoms with Gasteiger partial charge in [0.1, 0.15) is 0 Å². The van der Waals surface area contributed by atoms with Crippen LogP contribution in [0.1, 0.15) is 20.3 Å². The summed E-state index contributed by atoms with van der Waals surface area (Å²) in [5.41, 5.74) is 0. The van der Waals surface area contributed by atoms with Crippen LogP contribution < -0.4 is 0 Å². The van der Waals surface area contributed by atoms with Crippen LogP contribution in [0.25, 0.3) is 0 Å². The molecule has 0 aliphatic carbocycles. The topological polar surface area (TPSA) is 0 Å². The van der Waals surface area contributed by atoms with Crippen molar-refractivity contribution in [3.63, 3.8) is 0 Å². The SMILES string of the molecule is CCC.FC(F)(F)C(Cl)Cl. The highest BCUT2D eigenvalue weighted by atomic mass is 35.5. The Hall–Kier alpha value is 0.370. The molecule has 0 aliphatic heterocycles. The van der Waals surface area contributed by atoms with Crippen LogP contribution in [0.5, 0.6) is 0 Å². The maximum atomic E-state index is 10.9. The number of alkyl halides is 5. The van der Waals surface area contributed by atoms with E-state index < -0.39 is 11.0 Å². The van der Waals surface area contributed by atoms with Gasteiger partial charge in [0.2, 0.25) is 4.84 Å². The monoisotopic (exact) mass is 196 g/mol. The first-order valence-electron chi connectivity index (χ1n) is 2.71. The molecule has 0 aromatic rings. The van der Waals surface area contributed by atoms with Gasteiger partial charge in [0.25, 0.3) is 0 Å². The third-order valence-corrected chi connectivity index (χ3v) is 0.742. The van der Waals surface area contributed by atoms with E-state index in [0.717, 1.165) is 0 Å². The Labute approximate surface area is 68.3 Å². The molecule has 0 rings (SSSR count). The lowest BCUT2D eigenvalue weighted by atomic mass is 10.6. The normalized spacial score (nSPS) is 10.8. The average molecular weight is 197 g/mol. The molecule has 0 amide bonds. The summed E-state index contributed by atoms with van der Waals surface area (Å²) in [7, 11) is 0. The maximum absolute atomic E-state index is 10.9. The summed E-state index contributed by atoms with van der Waals surface area (Å²) >= 11 is 8.79. The molecule has 0 spiro atoms. The van der Waals surface area contributed by atoms with Crippen molar-refractivity contribution in [1.82, 2.24) is 0 Å². The Morgan fingerprint density at radius 2 is 1.30 bits per heavy atom. The first-order chi connectivity index (χ1) is 4.36. The number of halogens is 5. The molecular formula is C5H9Cl2F3. The smallest absolute Gasteiger partial charge is 0.168 e. The van der Waals surface area contributed by atoms with Crippen molar-refractivity contribution in [2.45, 2.75) is 31.3 Å². The minimum atomic E-state index is -4.47. The summed E-state index contributed by atoms with van der Waals surface area (Å²) in [6.45, 7) is 4.25. The molecule has 64 valence electrons. The fourth-order valence-electron chi connectivity index (χ4n) is 0. The molecule has 5 heteroatoms. The van der Waals surface area contributed by atoms with Crippen molar-refractivity contribution in [3.05, 3.63) is 0 Å². The van der Waals surface area contributed by atoms with Crippen molar-refractivity contribution in [1.29, 1.82) is 0 Å². The zero-order valence-electron chi connectivity index (χ0n) is 5.67. The molecule has 0 aromatic heterocycles. The predicted octanol–water partition coefficient (Wildman–Crippen LogP) is 3.77. The highest BCUT2D eigenvalue weighted by Crippen LogP contribution is 2.26. The van der Waals surface area contributed by atoms with E-state index in [1.165, 1.54) is 6.42 Å². The highest BCUT2D eigenvalue weighted by molar-refractivity contribution is 6.44. The molecule has 0 saturated carbocycles. The van der Waals surface area contributed by atoms with E-state index in [4.69, 9.17) is 0 Å². The lowest BCUT2D eigenvalue weighted by Crippen LogP contribution is -2.16. The van der Waals surface area contributed by atoms with E-state index in [-0.39, 0.29) is 0 Å². The quantitative estimate of drug-likeness (QED) is 0.518. The van der Waals surface area contributed by atoms with Crippen LogP contribution in [0, 0.1) is 0 Å². The molecule has 0 N–H and O–H groups in total. The van der Waals surface area contributed by atoms with Crippen molar-refractivity contribution in [2.24, 2.45) is 0 Å². The van der Waals surface area contributed by atoms with Crippen LogP contribution in [-0.2, 0) is 0 Å². The van der Waals surface area contributed by atoms with E-state index >= 15 is 0 Å². The Kier molecular flexibility index (Phi) is 7.93. The fraction of sp³-hybridized carbons (Fsp3) is 1.00. The van der Waals surface area contributed by atoms with E-state index in [2.05, 4.69) is 37.0 Å². The van der Waals surface area contributed by atoms with E-state index in [1.807, 2.05) is 0 Å². The molecule has 0 fully saturated rings. The number of rotatable bonds is 0. The second kappa shape index (κ2) is 6.10. The molecule has 0 heterocycles. The lowest BCUT2D eigenvalue weighted by molar-refractivity contribution is -0.115. The van der Waals surface area contributed by atoms with Crippen molar-refractivity contribution in [3.8, 4) is 0 Å². The van der Waals surface area contributed by atoms with Gasteiger partial charge >= 0.3 is 6.18 Å². The van der Waals surface area contributed by atoms with E-state index in [0.29, 0.717) is 0 Å². The largest absolute Gasteiger partial charge is 0.418 e. The van der Waals surface area contributed by atoms with Gasteiger partial charge in [-0.15, -0.1) is 0 Å². The molecule has 0 bridgehead atoms. The minimum absolute atomic E-state index is 1.25. The van der Waals surface area contributed by atoms with E-state index in [9.17, 15) is 13.2 Å². The Balaban J connectivity index is 0. The summed E-state index contributed by atoms with van der Waals surface area (Å²) in [6, 6.07) is 0. The van der Waals surface area contributed by atoms with Crippen molar-refractivity contribution >= 4 is 23.2 Å². The molecule has 0 aliphatic rings. The summed E-state index contributed by atoms with van der Waals surface area (Å²) in [5, 5.41) is 0. The maximum Gasteiger partial charge on any atom is 0.418 e. The molecule has 0 nitrogen and oxygen atoms in total. The van der Waals surface area contributed by atoms with Gasteiger partial charge in [-0.3, -0.25) is 0 Å². The van der Waals surface area contributed by atoms with Crippen molar-refractivity contribution in [2.75, 3.05) is 0 Å². The van der Waals surface area contributed by atoms with Gasteiger partial charge < -0.3 is 0 Å². The van der Waals surface area contributed by atoms with Crippen LogP contribution >= 0.6 is 23.2 Å². The second-order valence-electron chi connectivity index (χ2n) is 1.55. The predicted molar refractivity (Wildman–Crippen MR) is 37.5 cm³/mol. The molecule has 0 radical (unpaired) electrons. The second-order valence-corrected chi connectivity index (χ2v) is 2.65. The molecule has 0 atom stereocenters. The Morgan fingerprint density at radius 3 is 1.30 bits per heavy atom. The van der Waals surface area contributed by atoms with Gasteiger partial charge in [-0.1, -0.05) is 43.5 Å². The summed E-state index contributed by atoms with van der Waals surface area (Å²) in [4.78, 5) is -2.26. The van der Waals surface area contributed by atoms with Crippen LogP contribution in [-0.4, -0.2) is 11.0 Å². The lowest BCUT2D eigenvalue weighted by Gasteiger charge is -2.03. The van der Waals surface area contributed by atoms with Crippen LogP contribution in [0.15, 0.2) is 0 Å². The van der Waals surface area contributed by atoms with E-state index in [1.54, 1.807) is 0 Å². The Morgan fingerprint density at radius 1 is 1.20 bits per heavy atom. The average Bonchev–Trinajstić information content (AvgIpc) is 1.64. The molecule has 0 aromatic carbocycles. The summed E-state index contributed by atoms with van der Waals surface area (Å²) in [5.74, 6) is 0. The molecular weight excluding hydrogens is 188 g/mol. The van der Waals surface area contributed by atoms with Crippen molar-refractivity contribution < 1.29 is 13.2 Å². The van der Waals surface area contributed by atoms with Crippen LogP contribution in [0.2, 0.25) is 0 Å². The third-order valence-electron chi connectivity index (χ3n) is 0.247. The van der Waals surface area contributed by atoms with Gasteiger partial charge in [0, 0.05) is 0 Å². The van der Waals surface area contributed by atoms with Gasteiger partial charge in [-0.25, -0.2) is 0 Å². The molecule has 0 unspecified atom stereocenters. The zero-order valence-corrected chi connectivity index (χ0v) is 7.19. The van der Waals surface area contributed by atoms with Gasteiger partial charge in [0.05, 0.1) is 0 Å². The molecule has 10 heavy (non-hydrogen) atoms. The first-order valence-corrected chi connectivity index (χ1v) is 3.58. The first kappa shape index (κ1) is 13.0. The third kappa shape index (κ3) is 11.2. The number of hydrogen-bond donors (Lipinski definition) is 0. The zero-order chi connectivity index (χ0) is 8.78. The van der Waals surface area contributed by atoms with Crippen LogP contribution in [0.3, 0.4) is 0 Å². The summed E-state index contributed by atoms with van der Waals surface area (Å²) in [6.07, 6.45) is -3.22. The standard InChI is InChI=1S/C3H8.C2HCl2F3/c1-3-2;3-1(4)2(5,6)7/h3H2,1-2H3;1H. The van der Waals surface area contributed by atoms with Gasteiger partial charge in [0.15, 0.2) is 0 Å². The molecule has 0 saturated heterocycles. The van der Waals surface area contributed by atoms with Crippen LogP contribution in [0.4, 0.5) is 13.2 Å². The Bertz CT molecular complexity index is 69.8. The highest BCUT2D eigenvalue weighted by Gasteiger charge is 2.36.